The van der Waals surface area contributed by atoms with Crippen molar-refractivity contribution >= 4 is 0 Å². The first-order valence-corrected chi connectivity index (χ1v) is 11.9. The molecule has 0 aliphatic heterocycles. The second-order valence-corrected chi connectivity index (χ2v) is 7.81. The van der Waals surface area contributed by atoms with Gasteiger partial charge in [-0.1, -0.05) is 90.2 Å². The molecule has 0 spiro atoms. The highest BCUT2D eigenvalue weighted by molar-refractivity contribution is 4.81. The molecule has 0 saturated heterocycles. The second-order valence-electron chi connectivity index (χ2n) is 7.81. The van der Waals surface area contributed by atoms with Crippen LogP contribution in [0.4, 0.5) is 0 Å². The van der Waals surface area contributed by atoms with Gasteiger partial charge in [0.2, 0.25) is 0 Å². The smallest absolute Gasteiger partial charge is 0.00190 e. The Hall–Kier alpha value is -0.340. The Bertz CT molecular complexity index is 271. The van der Waals surface area contributed by atoms with Crippen LogP contribution in [0.15, 0.2) is 12.2 Å². The lowest BCUT2D eigenvalue weighted by Gasteiger charge is -2.17. The van der Waals surface area contributed by atoms with E-state index in [0.717, 1.165) is 6.54 Å². The van der Waals surface area contributed by atoms with Crippen molar-refractivity contribution in [3.8, 4) is 0 Å². The second kappa shape index (κ2) is 22.7. The molecule has 0 atom stereocenters. The summed E-state index contributed by atoms with van der Waals surface area (Å²) in [4.78, 5) is 2.54. The van der Waals surface area contributed by atoms with Crippen LogP contribution in [0.3, 0.4) is 0 Å². The van der Waals surface area contributed by atoms with Crippen LogP contribution in [0.1, 0.15) is 117 Å². The largest absolute Gasteiger partial charge is 0.330 e. The van der Waals surface area contributed by atoms with E-state index in [4.69, 9.17) is 5.73 Å². The first-order valence-electron chi connectivity index (χ1n) is 11.9. The van der Waals surface area contributed by atoms with Gasteiger partial charge in [-0.3, -0.25) is 0 Å². The Morgan fingerprint density at radius 1 is 0.538 bits per heavy atom. The highest BCUT2D eigenvalue weighted by Crippen LogP contribution is 2.11. The third kappa shape index (κ3) is 20.0. The van der Waals surface area contributed by atoms with Crippen molar-refractivity contribution in [2.45, 2.75) is 117 Å². The molecule has 0 aromatic carbocycles. The highest BCUT2D eigenvalue weighted by atomic mass is 15.1. The quantitative estimate of drug-likeness (QED) is 0.174. The fraction of sp³-hybridized carbons (Fsp3) is 0.917. The summed E-state index contributed by atoms with van der Waals surface area (Å²) in [6.07, 6.45) is 26.8. The van der Waals surface area contributed by atoms with Gasteiger partial charge in [-0.05, 0) is 64.7 Å². The van der Waals surface area contributed by atoms with Crippen LogP contribution in [-0.2, 0) is 0 Å². The summed E-state index contributed by atoms with van der Waals surface area (Å²) in [5, 5.41) is 0. The Balaban J connectivity index is 3.12. The highest BCUT2D eigenvalue weighted by Gasteiger charge is 1.98. The molecule has 0 amide bonds. The molecule has 2 nitrogen and oxygen atoms in total. The summed E-state index contributed by atoms with van der Waals surface area (Å²) < 4.78 is 0. The van der Waals surface area contributed by atoms with Gasteiger partial charge < -0.3 is 10.6 Å². The van der Waals surface area contributed by atoms with Gasteiger partial charge >= 0.3 is 0 Å². The van der Waals surface area contributed by atoms with E-state index in [1.807, 2.05) is 0 Å². The minimum absolute atomic E-state index is 0.861. The summed E-state index contributed by atoms with van der Waals surface area (Å²) in [5.41, 5.74) is 5.51. The number of hydrogen-bond acceptors (Lipinski definition) is 2. The first-order chi connectivity index (χ1) is 12.8. The minimum atomic E-state index is 0.861. The fourth-order valence-electron chi connectivity index (χ4n) is 3.55. The minimum Gasteiger partial charge on any atom is -0.330 e. The van der Waals surface area contributed by atoms with Crippen molar-refractivity contribution in [1.82, 2.24) is 4.90 Å². The van der Waals surface area contributed by atoms with Crippen molar-refractivity contribution in [1.29, 1.82) is 0 Å². The zero-order valence-corrected chi connectivity index (χ0v) is 18.3. The maximum atomic E-state index is 5.51. The van der Waals surface area contributed by atoms with Crippen LogP contribution >= 0.6 is 0 Å². The van der Waals surface area contributed by atoms with E-state index in [0.29, 0.717) is 0 Å². The Labute approximate surface area is 166 Å². The van der Waals surface area contributed by atoms with Crippen LogP contribution in [-0.4, -0.2) is 31.1 Å². The molecule has 0 heterocycles. The Morgan fingerprint density at radius 3 is 1.35 bits per heavy atom. The topological polar surface area (TPSA) is 29.3 Å². The van der Waals surface area contributed by atoms with Gasteiger partial charge in [0.05, 0.1) is 0 Å². The average Bonchev–Trinajstić information content (AvgIpc) is 2.66. The third-order valence-corrected chi connectivity index (χ3v) is 5.48. The van der Waals surface area contributed by atoms with Crippen molar-refractivity contribution in [3.05, 3.63) is 12.2 Å². The summed E-state index contributed by atoms with van der Waals surface area (Å²) in [7, 11) is 0. The lowest BCUT2D eigenvalue weighted by atomic mass is 10.1. The van der Waals surface area contributed by atoms with Crippen LogP contribution in [0, 0.1) is 0 Å². The van der Waals surface area contributed by atoms with Crippen molar-refractivity contribution in [3.63, 3.8) is 0 Å². The molecule has 156 valence electrons. The maximum absolute atomic E-state index is 5.51. The van der Waals surface area contributed by atoms with Gasteiger partial charge in [0.15, 0.2) is 0 Å². The summed E-state index contributed by atoms with van der Waals surface area (Å²) in [6, 6.07) is 0. The molecule has 0 aliphatic rings. The number of rotatable bonds is 21. The molecule has 0 aromatic heterocycles. The summed E-state index contributed by atoms with van der Waals surface area (Å²) in [5.74, 6) is 0. The lowest BCUT2D eigenvalue weighted by Crippen LogP contribution is -2.23. The molecule has 0 aromatic rings. The predicted molar refractivity (Wildman–Crippen MR) is 120 cm³/mol. The van der Waals surface area contributed by atoms with Crippen molar-refractivity contribution in [2.24, 2.45) is 5.73 Å². The Kier molecular flexibility index (Phi) is 22.4. The summed E-state index contributed by atoms with van der Waals surface area (Å²) in [6.45, 7) is 9.11. The standard InChI is InChI=1S/C24H50N2/c1-3-26(4-2)24-22-20-18-16-14-12-10-8-6-5-7-9-11-13-15-17-19-21-23-25/h5,7H,3-4,6,8-25H2,1-2H3. The zero-order valence-electron chi connectivity index (χ0n) is 18.3. The van der Waals surface area contributed by atoms with Gasteiger partial charge in [0, 0.05) is 0 Å². The molecule has 0 saturated carbocycles. The van der Waals surface area contributed by atoms with Gasteiger partial charge in [-0.15, -0.1) is 0 Å². The summed E-state index contributed by atoms with van der Waals surface area (Å²) >= 11 is 0. The predicted octanol–water partition coefficient (Wildman–Crippen LogP) is 7.08. The molecule has 0 fully saturated rings. The first kappa shape index (κ1) is 25.7. The molecule has 26 heavy (non-hydrogen) atoms. The molecule has 0 rings (SSSR count). The SMILES string of the molecule is CCN(CC)CCCCCCCCCCC=CCCCCCCCCN. The van der Waals surface area contributed by atoms with Crippen LogP contribution in [0.2, 0.25) is 0 Å². The number of unbranched alkanes of at least 4 members (excludes halogenated alkanes) is 14. The van der Waals surface area contributed by atoms with Gasteiger partial charge in [-0.25, -0.2) is 0 Å². The van der Waals surface area contributed by atoms with Crippen molar-refractivity contribution < 1.29 is 0 Å². The number of nitrogens with zero attached hydrogens (tertiary/aromatic N) is 1. The monoisotopic (exact) mass is 366 g/mol. The van der Waals surface area contributed by atoms with Gasteiger partial charge in [-0.2, -0.15) is 0 Å². The normalized spacial score (nSPS) is 11.8. The van der Waals surface area contributed by atoms with E-state index < -0.39 is 0 Å². The molecule has 2 heteroatoms. The van der Waals surface area contributed by atoms with Crippen molar-refractivity contribution in [2.75, 3.05) is 26.2 Å². The van der Waals surface area contributed by atoms with E-state index >= 15 is 0 Å². The molecule has 0 aliphatic carbocycles. The average molecular weight is 367 g/mol. The molecule has 0 radical (unpaired) electrons. The van der Waals surface area contributed by atoms with E-state index in [9.17, 15) is 0 Å². The molecule has 0 bridgehead atoms. The van der Waals surface area contributed by atoms with Crippen LogP contribution in [0.25, 0.3) is 0 Å². The zero-order chi connectivity index (χ0) is 19.1. The number of nitrogens with two attached hydrogens (primary N) is 1. The molecular weight excluding hydrogens is 316 g/mol. The van der Waals surface area contributed by atoms with Crippen LogP contribution in [0.5, 0.6) is 0 Å². The fourth-order valence-corrected chi connectivity index (χ4v) is 3.55. The lowest BCUT2D eigenvalue weighted by molar-refractivity contribution is 0.295. The Morgan fingerprint density at radius 2 is 0.923 bits per heavy atom. The number of allylic oxidation sites excluding steroid dienone is 2. The van der Waals surface area contributed by atoms with Gasteiger partial charge in [0.1, 0.15) is 0 Å². The van der Waals surface area contributed by atoms with E-state index in [-0.39, 0.29) is 0 Å². The maximum Gasteiger partial charge on any atom is -0.00190 e. The van der Waals surface area contributed by atoms with Gasteiger partial charge in [0.25, 0.3) is 0 Å². The van der Waals surface area contributed by atoms with Crippen LogP contribution < -0.4 is 5.73 Å². The molecule has 0 unspecified atom stereocenters. The van der Waals surface area contributed by atoms with E-state index in [2.05, 4.69) is 30.9 Å². The van der Waals surface area contributed by atoms with E-state index in [1.54, 1.807) is 0 Å². The number of hydrogen-bond donors (Lipinski definition) is 1. The molecular formula is C24H50N2. The third-order valence-electron chi connectivity index (χ3n) is 5.48. The molecule has 2 N–H and O–H groups in total. The van der Waals surface area contributed by atoms with E-state index in [1.165, 1.54) is 122 Å².